The number of H-pyrrole nitrogens is 1. The lowest BCUT2D eigenvalue weighted by atomic mass is 10.1. The quantitative estimate of drug-likeness (QED) is 0.149. The highest BCUT2D eigenvalue weighted by Crippen LogP contribution is 2.44. The summed E-state index contributed by atoms with van der Waals surface area (Å²) in [5.41, 5.74) is 4.95. The molecule has 1 fully saturated rings. The van der Waals surface area contributed by atoms with E-state index < -0.39 is 44.5 Å². The van der Waals surface area contributed by atoms with Crippen molar-refractivity contribution in [2.75, 3.05) is 18.9 Å². The molecule has 1 aliphatic heterocycles. The van der Waals surface area contributed by atoms with Gasteiger partial charge in [0.1, 0.15) is 18.3 Å². The highest BCUT2D eigenvalue weighted by atomic mass is 31.2. The predicted octanol–water partition coefficient (Wildman–Crippen LogP) is -0.230. The zero-order chi connectivity index (χ0) is 24.2. The van der Waals surface area contributed by atoms with Gasteiger partial charge >= 0.3 is 7.82 Å². The summed E-state index contributed by atoms with van der Waals surface area (Å²) in [6.07, 6.45) is -0.915. The topological polar surface area (TPSA) is 212 Å². The van der Waals surface area contributed by atoms with Gasteiger partial charge in [0.05, 0.1) is 19.5 Å². The van der Waals surface area contributed by atoms with E-state index in [1.165, 1.54) is 17.0 Å². The second-order valence-corrected chi connectivity index (χ2v) is 8.85. The van der Waals surface area contributed by atoms with Crippen LogP contribution in [0.25, 0.3) is 11.2 Å². The number of allylic oxidation sites excluding steroid dienone is 1. The van der Waals surface area contributed by atoms with E-state index in [9.17, 15) is 29.3 Å². The smallest absolute Gasteiger partial charge is 0.387 e. The van der Waals surface area contributed by atoms with Crippen LogP contribution in [0.5, 0.6) is 0 Å². The maximum absolute atomic E-state index is 12.1. The van der Waals surface area contributed by atoms with Crippen LogP contribution < -0.4 is 11.3 Å². The van der Waals surface area contributed by atoms with E-state index in [2.05, 4.69) is 21.5 Å². The first-order valence-corrected chi connectivity index (χ1v) is 11.6. The Morgan fingerprint density at radius 2 is 2.09 bits per heavy atom. The van der Waals surface area contributed by atoms with E-state index in [1.54, 1.807) is 0 Å². The molecule has 0 aromatic carbocycles. The summed E-state index contributed by atoms with van der Waals surface area (Å²) in [7, 11) is -4.45. The van der Waals surface area contributed by atoms with Crippen molar-refractivity contribution >= 4 is 30.7 Å². The summed E-state index contributed by atoms with van der Waals surface area (Å²) < 4.78 is 28.6. The molecule has 2 aromatic heterocycles. The van der Waals surface area contributed by atoms with Gasteiger partial charge in [-0.15, -0.1) is 0 Å². The largest absolute Gasteiger partial charge is 0.472 e. The number of carbonyl (C=O) groups excluding carboxylic acids is 1. The first kappa shape index (κ1) is 25.2. The van der Waals surface area contributed by atoms with E-state index in [4.69, 9.17) is 19.5 Å². The van der Waals surface area contributed by atoms with Crippen LogP contribution in [0.4, 0.5) is 5.95 Å². The van der Waals surface area contributed by atoms with Crippen molar-refractivity contribution in [1.82, 2.24) is 19.5 Å². The standard InChI is InChI=1S/C18H26N5O9P/c1-2-10(24)6-4-3-5-7-30-33(28,29)31-8-11-13(25)14(26)17(32-11)23-9-20-12-15(23)21-18(19)22-16(12)27/h2,9,11,13-14,17,25-26H,1,3-8H2,(H,28,29)(H3,19,21,22,27)/t11-,13-,14-,17-/m1/s1. The molecule has 3 heterocycles. The summed E-state index contributed by atoms with van der Waals surface area (Å²) in [6, 6.07) is 0. The Labute approximate surface area is 187 Å². The van der Waals surface area contributed by atoms with Gasteiger partial charge in [0.25, 0.3) is 5.56 Å². The molecular formula is C18H26N5O9P. The first-order valence-electron chi connectivity index (χ1n) is 10.1. The number of aliphatic hydroxyl groups excluding tert-OH is 2. The van der Waals surface area contributed by atoms with Crippen LogP contribution in [0.2, 0.25) is 0 Å². The normalized spacial score (nSPS) is 24.7. The van der Waals surface area contributed by atoms with Gasteiger partial charge in [0, 0.05) is 6.42 Å². The summed E-state index contributed by atoms with van der Waals surface area (Å²) in [6.45, 7) is 2.75. The average Bonchev–Trinajstić information content (AvgIpc) is 3.30. The van der Waals surface area contributed by atoms with Crippen LogP contribution >= 0.6 is 7.82 Å². The van der Waals surface area contributed by atoms with Crippen LogP contribution in [-0.4, -0.2) is 71.9 Å². The van der Waals surface area contributed by atoms with Crippen LogP contribution in [0.1, 0.15) is 31.9 Å². The highest BCUT2D eigenvalue weighted by molar-refractivity contribution is 7.47. The molecule has 0 saturated carbocycles. The Kier molecular flexibility index (Phi) is 8.13. The number of hydrogen-bond donors (Lipinski definition) is 5. The number of fused-ring (bicyclic) bond motifs is 1. The fraction of sp³-hybridized carbons (Fsp3) is 0.556. The molecule has 0 spiro atoms. The summed E-state index contributed by atoms with van der Waals surface area (Å²) in [5.74, 6) is -0.245. The van der Waals surface area contributed by atoms with E-state index in [0.717, 1.165) is 0 Å². The Bertz CT molecular complexity index is 1100. The Morgan fingerprint density at radius 3 is 2.82 bits per heavy atom. The summed E-state index contributed by atoms with van der Waals surface area (Å²) >= 11 is 0. The number of aromatic amines is 1. The molecule has 3 rings (SSSR count). The summed E-state index contributed by atoms with van der Waals surface area (Å²) in [5, 5.41) is 20.7. The first-order chi connectivity index (χ1) is 15.6. The number of hydrogen-bond acceptors (Lipinski definition) is 11. The maximum Gasteiger partial charge on any atom is 0.472 e. The number of nitrogens with two attached hydrogens (primary N) is 1. The lowest BCUT2D eigenvalue weighted by Crippen LogP contribution is -2.33. The number of ketones is 1. The third-order valence-electron chi connectivity index (χ3n) is 5.01. The van der Waals surface area contributed by atoms with Crippen molar-refractivity contribution in [3.8, 4) is 0 Å². The van der Waals surface area contributed by atoms with Gasteiger partial charge in [0.2, 0.25) is 5.95 Å². The number of nitrogens with zero attached hydrogens (tertiary/aromatic N) is 3. The third kappa shape index (κ3) is 6.12. The van der Waals surface area contributed by atoms with Crippen LogP contribution in [0.15, 0.2) is 23.8 Å². The Morgan fingerprint density at radius 1 is 1.33 bits per heavy atom. The van der Waals surface area contributed by atoms with Crippen LogP contribution in [-0.2, 0) is 23.1 Å². The van der Waals surface area contributed by atoms with Gasteiger partial charge in [-0.25, -0.2) is 9.55 Å². The minimum absolute atomic E-state index is 0.0278. The number of nitrogen functional groups attached to an aromatic ring is 1. The molecular weight excluding hydrogens is 461 g/mol. The van der Waals surface area contributed by atoms with Gasteiger partial charge in [-0.1, -0.05) is 13.0 Å². The van der Waals surface area contributed by atoms with Crippen molar-refractivity contribution in [3.63, 3.8) is 0 Å². The zero-order valence-electron chi connectivity index (χ0n) is 17.6. The predicted molar refractivity (Wildman–Crippen MR) is 114 cm³/mol. The van der Waals surface area contributed by atoms with Crippen molar-refractivity contribution < 1.29 is 38.3 Å². The van der Waals surface area contributed by atoms with Crippen molar-refractivity contribution in [3.05, 3.63) is 29.3 Å². The number of aliphatic hydroxyl groups is 2. The van der Waals surface area contributed by atoms with Gasteiger partial charge in [-0.3, -0.25) is 28.2 Å². The maximum atomic E-state index is 12.1. The number of anilines is 1. The van der Waals surface area contributed by atoms with Crippen LogP contribution in [0.3, 0.4) is 0 Å². The van der Waals surface area contributed by atoms with E-state index in [0.29, 0.717) is 25.7 Å². The molecule has 6 N–H and O–H groups in total. The fourth-order valence-corrected chi connectivity index (χ4v) is 4.06. The molecule has 0 radical (unpaired) electrons. The minimum atomic E-state index is -4.45. The number of unbranched alkanes of at least 4 members (excludes halogenated alkanes) is 2. The average molecular weight is 487 g/mol. The molecule has 0 amide bonds. The van der Waals surface area contributed by atoms with E-state index >= 15 is 0 Å². The Hall–Kier alpha value is -2.45. The molecule has 1 unspecified atom stereocenters. The molecule has 1 saturated heterocycles. The number of ether oxygens (including phenoxy) is 1. The molecule has 33 heavy (non-hydrogen) atoms. The number of carbonyl (C=O) groups is 1. The molecule has 1 aliphatic rings. The molecule has 14 nitrogen and oxygen atoms in total. The number of aromatic nitrogens is 4. The minimum Gasteiger partial charge on any atom is -0.387 e. The SMILES string of the molecule is C=CC(=O)CCCCCOP(=O)(O)OC[C@H]1O[C@@H](n2cnc3c(=O)[nH]c(N)nc32)[C@H](O)[C@@H]1O. The fourth-order valence-electron chi connectivity index (χ4n) is 3.29. The molecule has 15 heteroatoms. The molecule has 5 atom stereocenters. The zero-order valence-corrected chi connectivity index (χ0v) is 18.5. The van der Waals surface area contributed by atoms with Gasteiger partial charge in [0.15, 0.2) is 23.2 Å². The van der Waals surface area contributed by atoms with Crippen molar-refractivity contribution in [2.24, 2.45) is 0 Å². The Balaban J connectivity index is 1.53. The highest BCUT2D eigenvalue weighted by Gasteiger charge is 2.45. The second-order valence-electron chi connectivity index (χ2n) is 7.40. The van der Waals surface area contributed by atoms with Crippen molar-refractivity contribution in [2.45, 2.75) is 50.2 Å². The van der Waals surface area contributed by atoms with Gasteiger partial charge in [-0.2, -0.15) is 4.98 Å². The van der Waals surface area contributed by atoms with Gasteiger partial charge < -0.3 is 25.6 Å². The van der Waals surface area contributed by atoms with E-state index in [1.807, 2.05) is 0 Å². The molecule has 0 bridgehead atoms. The number of nitrogens with one attached hydrogen (secondary N) is 1. The van der Waals surface area contributed by atoms with E-state index in [-0.39, 0.29) is 29.5 Å². The second kappa shape index (κ2) is 10.7. The number of rotatable bonds is 12. The van der Waals surface area contributed by atoms with Gasteiger partial charge in [-0.05, 0) is 18.9 Å². The lowest BCUT2D eigenvalue weighted by Gasteiger charge is -2.17. The lowest BCUT2D eigenvalue weighted by molar-refractivity contribution is -0.114. The van der Waals surface area contributed by atoms with Crippen molar-refractivity contribution in [1.29, 1.82) is 0 Å². The monoisotopic (exact) mass is 487 g/mol. The van der Waals surface area contributed by atoms with Crippen LogP contribution in [0, 0.1) is 0 Å². The molecule has 182 valence electrons. The number of phosphoric ester groups is 1. The third-order valence-corrected chi connectivity index (χ3v) is 6.00. The summed E-state index contributed by atoms with van der Waals surface area (Å²) in [4.78, 5) is 43.0. The molecule has 2 aromatic rings. The number of imidazole rings is 1. The number of phosphoric acid groups is 1. The molecule has 0 aliphatic carbocycles.